The Balaban J connectivity index is 1.73. The van der Waals surface area contributed by atoms with Gasteiger partial charge in [-0.2, -0.15) is 0 Å². The van der Waals surface area contributed by atoms with Crippen LogP contribution < -0.4 is 4.90 Å². The first-order chi connectivity index (χ1) is 9.79. The number of piperidine rings is 1. The zero-order valence-corrected chi connectivity index (χ0v) is 13.0. The Morgan fingerprint density at radius 1 is 1.20 bits per heavy atom. The number of rotatable bonds is 6. The number of aromatic nitrogens is 3. The summed E-state index contributed by atoms with van der Waals surface area (Å²) in [4.78, 5) is 2.40. The van der Waals surface area contributed by atoms with Crippen LogP contribution in [0.1, 0.15) is 45.1 Å². The summed E-state index contributed by atoms with van der Waals surface area (Å²) in [6.07, 6.45) is 5.83. The monoisotopic (exact) mass is 296 g/mol. The van der Waals surface area contributed by atoms with Crippen LogP contribution in [0.15, 0.2) is 5.16 Å². The quantitative estimate of drug-likeness (QED) is 0.645. The molecule has 112 valence electrons. The van der Waals surface area contributed by atoms with E-state index in [9.17, 15) is 0 Å². The molecule has 0 amide bonds. The van der Waals surface area contributed by atoms with E-state index < -0.39 is 0 Å². The smallest absolute Gasteiger partial charge is 0.228 e. The lowest BCUT2D eigenvalue weighted by molar-refractivity contribution is 0.296. The minimum absolute atomic E-state index is 0.251. The molecule has 6 heteroatoms. The summed E-state index contributed by atoms with van der Waals surface area (Å²) < 4.78 is 2.35. The third kappa shape index (κ3) is 3.11. The van der Waals surface area contributed by atoms with Crippen LogP contribution in [0.5, 0.6) is 0 Å². The second kappa shape index (κ2) is 6.35. The maximum Gasteiger partial charge on any atom is 0.228 e. The van der Waals surface area contributed by atoms with Gasteiger partial charge < -0.3 is 10.0 Å². The number of aliphatic hydroxyl groups excluding tert-OH is 1. The number of nitrogens with zero attached hydrogens (tertiary/aromatic N) is 4. The van der Waals surface area contributed by atoms with Gasteiger partial charge in [-0.15, -0.1) is 10.2 Å². The summed E-state index contributed by atoms with van der Waals surface area (Å²) in [6.45, 7) is 4.79. The Kier molecular flexibility index (Phi) is 4.51. The van der Waals surface area contributed by atoms with Gasteiger partial charge in [0.1, 0.15) is 0 Å². The molecule has 2 heterocycles. The van der Waals surface area contributed by atoms with E-state index in [1.807, 2.05) is 0 Å². The molecule has 1 aromatic rings. The fourth-order valence-corrected chi connectivity index (χ4v) is 3.60. The van der Waals surface area contributed by atoms with E-state index in [1.165, 1.54) is 25.7 Å². The number of thioether (sulfide) groups is 1. The first-order valence-electron chi connectivity index (χ1n) is 7.73. The molecule has 0 unspecified atom stereocenters. The van der Waals surface area contributed by atoms with Gasteiger partial charge in [-0.3, -0.25) is 4.57 Å². The fraction of sp³-hybridized carbons (Fsp3) is 0.857. The molecule has 2 fully saturated rings. The second-order valence-electron chi connectivity index (χ2n) is 5.98. The molecular weight excluding hydrogens is 272 g/mol. The lowest BCUT2D eigenvalue weighted by atomic mass is 10.00. The van der Waals surface area contributed by atoms with Crippen LogP contribution in [-0.4, -0.2) is 45.3 Å². The minimum Gasteiger partial charge on any atom is -0.396 e. The third-order valence-electron chi connectivity index (χ3n) is 4.16. The van der Waals surface area contributed by atoms with Gasteiger partial charge in [-0.25, -0.2) is 0 Å². The van der Waals surface area contributed by atoms with E-state index in [0.29, 0.717) is 6.04 Å². The van der Waals surface area contributed by atoms with Gasteiger partial charge >= 0.3 is 0 Å². The van der Waals surface area contributed by atoms with Crippen LogP contribution in [0.25, 0.3) is 0 Å². The number of anilines is 1. The Morgan fingerprint density at radius 3 is 2.60 bits per heavy atom. The molecule has 0 bridgehead atoms. The van der Waals surface area contributed by atoms with Gasteiger partial charge in [-0.05, 0) is 38.0 Å². The molecule has 5 nitrogen and oxygen atoms in total. The van der Waals surface area contributed by atoms with E-state index in [-0.39, 0.29) is 6.61 Å². The van der Waals surface area contributed by atoms with Crippen molar-refractivity contribution in [2.45, 2.75) is 50.2 Å². The van der Waals surface area contributed by atoms with E-state index in [2.05, 4.69) is 26.6 Å². The number of hydrogen-bond donors (Lipinski definition) is 1. The van der Waals surface area contributed by atoms with Crippen molar-refractivity contribution in [1.29, 1.82) is 0 Å². The van der Waals surface area contributed by atoms with Crippen LogP contribution in [0.3, 0.4) is 0 Å². The SMILES string of the molecule is CC1CCN(c2nnc(SCCCO)n2C2CC2)CC1. The van der Waals surface area contributed by atoms with Gasteiger partial charge in [0.05, 0.1) is 0 Å². The first kappa shape index (κ1) is 14.2. The molecule has 20 heavy (non-hydrogen) atoms. The molecule has 1 aliphatic carbocycles. The topological polar surface area (TPSA) is 54.2 Å². The van der Waals surface area contributed by atoms with Crippen molar-refractivity contribution in [3.05, 3.63) is 0 Å². The largest absolute Gasteiger partial charge is 0.396 e. The third-order valence-corrected chi connectivity index (χ3v) is 5.19. The highest BCUT2D eigenvalue weighted by Gasteiger charge is 2.32. The highest BCUT2D eigenvalue weighted by molar-refractivity contribution is 7.99. The maximum absolute atomic E-state index is 8.90. The Bertz CT molecular complexity index is 438. The van der Waals surface area contributed by atoms with Crippen molar-refractivity contribution in [3.8, 4) is 0 Å². The minimum atomic E-state index is 0.251. The predicted octanol–water partition coefficient (Wildman–Crippen LogP) is 2.32. The predicted molar refractivity (Wildman–Crippen MR) is 81.3 cm³/mol. The number of aliphatic hydroxyl groups is 1. The van der Waals surface area contributed by atoms with Crippen LogP contribution in [0.2, 0.25) is 0 Å². The zero-order chi connectivity index (χ0) is 13.9. The van der Waals surface area contributed by atoms with Crippen LogP contribution in [-0.2, 0) is 0 Å². The molecule has 1 aromatic heterocycles. The zero-order valence-electron chi connectivity index (χ0n) is 12.2. The fourth-order valence-electron chi connectivity index (χ4n) is 2.67. The van der Waals surface area contributed by atoms with Crippen molar-refractivity contribution < 1.29 is 5.11 Å². The van der Waals surface area contributed by atoms with Crippen molar-refractivity contribution in [2.24, 2.45) is 5.92 Å². The van der Waals surface area contributed by atoms with Crippen molar-refractivity contribution >= 4 is 17.7 Å². The highest BCUT2D eigenvalue weighted by atomic mass is 32.2. The summed E-state index contributed by atoms with van der Waals surface area (Å²) in [5.41, 5.74) is 0. The van der Waals surface area contributed by atoms with Crippen LogP contribution >= 0.6 is 11.8 Å². The molecule has 0 radical (unpaired) electrons. The maximum atomic E-state index is 8.90. The van der Waals surface area contributed by atoms with E-state index in [0.717, 1.165) is 42.3 Å². The van der Waals surface area contributed by atoms with Gasteiger partial charge in [0.15, 0.2) is 5.16 Å². The molecule has 0 atom stereocenters. The van der Waals surface area contributed by atoms with E-state index in [4.69, 9.17) is 5.11 Å². The van der Waals surface area contributed by atoms with Crippen molar-refractivity contribution in [2.75, 3.05) is 30.3 Å². The molecule has 0 spiro atoms. The molecule has 1 N–H and O–H groups in total. The second-order valence-corrected chi connectivity index (χ2v) is 7.04. The van der Waals surface area contributed by atoms with Gasteiger partial charge in [0, 0.05) is 31.5 Å². The average molecular weight is 296 g/mol. The average Bonchev–Trinajstić information content (AvgIpc) is 3.21. The lowest BCUT2D eigenvalue weighted by Gasteiger charge is -2.31. The summed E-state index contributed by atoms with van der Waals surface area (Å²) in [5, 5.41) is 18.8. The highest BCUT2D eigenvalue weighted by Crippen LogP contribution is 2.41. The molecule has 1 saturated carbocycles. The molecule has 2 aliphatic rings. The van der Waals surface area contributed by atoms with Gasteiger partial charge in [-0.1, -0.05) is 18.7 Å². The lowest BCUT2D eigenvalue weighted by Crippen LogP contribution is -2.34. The summed E-state index contributed by atoms with van der Waals surface area (Å²) in [5.74, 6) is 2.83. The summed E-state index contributed by atoms with van der Waals surface area (Å²) in [6, 6.07) is 0.607. The molecule has 1 saturated heterocycles. The first-order valence-corrected chi connectivity index (χ1v) is 8.71. The van der Waals surface area contributed by atoms with Crippen molar-refractivity contribution in [1.82, 2.24) is 14.8 Å². The normalized spacial score (nSPS) is 20.6. The van der Waals surface area contributed by atoms with Crippen LogP contribution in [0, 0.1) is 5.92 Å². The molecule has 0 aromatic carbocycles. The Labute approximate surface area is 124 Å². The Morgan fingerprint density at radius 2 is 1.95 bits per heavy atom. The number of hydrogen-bond acceptors (Lipinski definition) is 5. The van der Waals surface area contributed by atoms with Gasteiger partial charge in [0.2, 0.25) is 5.95 Å². The van der Waals surface area contributed by atoms with Crippen LogP contribution in [0.4, 0.5) is 5.95 Å². The standard InChI is InChI=1S/C14H24N4OS/c1-11-5-7-17(8-6-11)13-15-16-14(20-10-2-9-19)18(13)12-3-4-12/h11-12,19H,2-10H2,1H3. The summed E-state index contributed by atoms with van der Waals surface area (Å²) in [7, 11) is 0. The molecule has 3 rings (SSSR count). The van der Waals surface area contributed by atoms with E-state index >= 15 is 0 Å². The molecular formula is C14H24N4OS. The molecule has 1 aliphatic heterocycles. The van der Waals surface area contributed by atoms with E-state index in [1.54, 1.807) is 11.8 Å². The Hall–Kier alpha value is -0.750. The summed E-state index contributed by atoms with van der Waals surface area (Å²) >= 11 is 1.73. The van der Waals surface area contributed by atoms with Crippen molar-refractivity contribution in [3.63, 3.8) is 0 Å². The van der Waals surface area contributed by atoms with Gasteiger partial charge in [0.25, 0.3) is 0 Å².